The van der Waals surface area contributed by atoms with E-state index in [2.05, 4.69) is 9.72 Å². The van der Waals surface area contributed by atoms with Crippen LogP contribution < -0.4 is 10.5 Å². The number of carbonyl (C=O) groups is 1. The van der Waals surface area contributed by atoms with Crippen molar-refractivity contribution in [3.05, 3.63) is 26.1 Å². The SMILES string of the molecule is Nc1c(Cl)c(F)nc(OCC(=O)OC[N+](=O)[O-])c1Cl. The Bertz CT molecular complexity index is 528. The number of rotatable bonds is 5. The van der Waals surface area contributed by atoms with Crippen molar-refractivity contribution in [2.45, 2.75) is 0 Å². The van der Waals surface area contributed by atoms with Crippen molar-refractivity contribution in [3.63, 3.8) is 0 Å². The minimum atomic E-state index is -1.13. The van der Waals surface area contributed by atoms with Gasteiger partial charge >= 0.3 is 12.7 Å². The molecule has 1 rings (SSSR count). The molecule has 0 aliphatic heterocycles. The first kappa shape index (κ1) is 15.2. The number of anilines is 1. The molecular weight excluding hydrogens is 308 g/mol. The van der Waals surface area contributed by atoms with Gasteiger partial charge in [0.25, 0.3) is 0 Å². The van der Waals surface area contributed by atoms with Crippen molar-refractivity contribution in [3.8, 4) is 5.88 Å². The fraction of sp³-hybridized carbons (Fsp3) is 0.250. The van der Waals surface area contributed by atoms with Crippen LogP contribution in [0, 0.1) is 16.1 Å². The van der Waals surface area contributed by atoms with Gasteiger partial charge in [-0.1, -0.05) is 23.2 Å². The number of hydrogen-bond acceptors (Lipinski definition) is 7. The topological polar surface area (TPSA) is 118 Å². The molecule has 0 saturated carbocycles. The molecule has 0 fully saturated rings. The van der Waals surface area contributed by atoms with Crippen molar-refractivity contribution in [2.24, 2.45) is 0 Å². The number of hydrogen-bond donors (Lipinski definition) is 1. The summed E-state index contributed by atoms with van der Waals surface area (Å²) in [6.45, 7) is -1.76. The Labute approximate surface area is 115 Å². The number of carbonyl (C=O) groups excluding carboxylic acids is 1. The van der Waals surface area contributed by atoms with E-state index in [4.69, 9.17) is 33.7 Å². The van der Waals surface area contributed by atoms with Crippen molar-refractivity contribution >= 4 is 34.9 Å². The van der Waals surface area contributed by atoms with Crippen LogP contribution in [0.5, 0.6) is 5.88 Å². The normalized spacial score (nSPS) is 10.1. The predicted octanol–water partition coefficient (Wildman–Crippen LogP) is 1.27. The van der Waals surface area contributed by atoms with Crippen LogP contribution in [-0.4, -0.2) is 29.2 Å². The maximum atomic E-state index is 13.1. The highest BCUT2D eigenvalue weighted by Gasteiger charge is 2.18. The van der Waals surface area contributed by atoms with Crippen LogP contribution in [0.15, 0.2) is 0 Å². The Hall–Kier alpha value is -1.87. The van der Waals surface area contributed by atoms with Crippen LogP contribution in [0.3, 0.4) is 0 Å². The summed E-state index contributed by atoms with van der Waals surface area (Å²) in [7, 11) is 0. The van der Waals surface area contributed by atoms with Gasteiger partial charge in [-0.15, -0.1) is 0 Å². The summed E-state index contributed by atoms with van der Waals surface area (Å²) in [5.41, 5.74) is 5.06. The number of pyridine rings is 1. The first-order valence-electron chi connectivity index (χ1n) is 4.53. The van der Waals surface area contributed by atoms with Gasteiger partial charge in [-0.25, -0.2) is 4.79 Å². The minimum Gasteiger partial charge on any atom is -0.464 e. The van der Waals surface area contributed by atoms with E-state index in [9.17, 15) is 19.3 Å². The van der Waals surface area contributed by atoms with Gasteiger partial charge in [0.1, 0.15) is 10.0 Å². The van der Waals surface area contributed by atoms with Crippen LogP contribution in [0.4, 0.5) is 10.1 Å². The molecule has 0 bridgehead atoms. The number of ether oxygens (including phenoxy) is 2. The lowest BCUT2D eigenvalue weighted by molar-refractivity contribution is -0.519. The van der Waals surface area contributed by atoms with E-state index in [-0.39, 0.29) is 10.7 Å². The monoisotopic (exact) mass is 313 g/mol. The number of nitrogen functional groups attached to an aromatic ring is 1. The van der Waals surface area contributed by atoms with Crippen LogP contribution in [0.1, 0.15) is 0 Å². The second kappa shape index (κ2) is 6.34. The van der Waals surface area contributed by atoms with Gasteiger partial charge in [0, 0.05) is 0 Å². The number of nitro groups is 1. The van der Waals surface area contributed by atoms with Crippen molar-refractivity contribution in [1.29, 1.82) is 0 Å². The fourth-order valence-electron chi connectivity index (χ4n) is 0.899. The summed E-state index contributed by atoms with van der Waals surface area (Å²) in [5, 5.41) is 9.17. The molecule has 8 nitrogen and oxygen atoms in total. The Morgan fingerprint density at radius 1 is 1.47 bits per heavy atom. The molecule has 0 aliphatic carbocycles. The third-order valence-electron chi connectivity index (χ3n) is 1.70. The molecule has 0 atom stereocenters. The number of esters is 1. The van der Waals surface area contributed by atoms with Gasteiger partial charge in [-0.05, 0) is 0 Å². The largest absolute Gasteiger partial charge is 0.464 e. The Morgan fingerprint density at radius 2 is 2.11 bits per heavy atom. The van der Waals surface area contributed by atoms with Crippen molar-refractivity contribution in [2.75, 3.05) is 19.1 Å². The number of aromatic nitrogens is 1. The van der Waals surface area contributed by atoms with E-state index in [0.717, 1.165) is 0 Å². The maximum Gasteiger partial charge on any atom is 0.349 e. The highest BCUT2D eigenvalue weighted by atomic mass is 35.5. The van der Waals surface area contributed by atoms with Gasteiger partial charge in [0.2, 0.25) is 11.8 Å². The number of nitrogens with zero attached hydrogens (tertiary/aromatic N) is 2. The first-order chi connectivity index (χ1) is 8.82. The van der Waals surface area contributed by atoms with E-state index in [1.165, 1.54) is 0 Å². The van der Waals surface area contributed by atoms with Gasteiger partial charge in [-0.3, -0.25) is 10.1 Å². The summed E-state index contributed by atoms with van der Waals surface area (Å²) in [4.78, 5) is 23.3. The van der Waals surface area contributed by atoms with Gasteiger partial charge in [0.15, 0.2) is 6.61 Å². The zero-order chi connectivity index (χ0) is 14.6. The molecule has 2 N–H and O–H groups in total. The smallest absolute Gasteiger partial charge is 0.349 e. The lowest BCUT2D eigenvalue weighted by atomic mass is 10.4. The average Bonchev–Trinajstić information content (AvgIpc) is 2.36. The zero-order valence-corrected chi connectivity index (χ0v) is 10.6. The van der Waals surface area contributed by atoms with Gasteiger partial charge in [-0.2, -0.15) is 9.37 Å². The molecule has 1 aromatic heterocycles. The zero-order valence-electron chi connectivity index (χ0n) is 9.06. The number of halogens is 3. The molecule has 11 heteroatoms. The molecule has 104 valence electrons. The molecule has 0 radical (unpaired) electrons. The first-order valence-corrected chi connectivity index (χ1v) is 5.28. The summed E-state index contributed by atoms with van der Waals surface area (Å²) in [6, 6.07) is 0. The molecule has 0 spiro atoms. The lowest BCUT2D eigenvalue weighted by Gasteiger charge is -2.09. The highest BCUT2D eigenvalue weighted by Crippen LogP contribution is 2.35. The molecule has 0 unspecified atom stereocenters. The summed E-state index contributed by atoms with van der Waals surface area (Å²) >= 11 is 11.1. The molecule has 0 aromatic carbocycles. The third kappa shape index (κ3) is 4.07. The molecule has 0 aliphatic rings. The van der Waals surface area contributed by atoms with Crippen molar-refractivity contribution < 1.29 is 23.6 Å². The van der Waals surface area contributed by atoms with Crippen LogP contribution >= 0.6 is 23.2 Å². The van der Waals surface area contributed by atoms with Crippen molar-refractivity contribution in [1.82, 2.24) is 4.98 Å². The van der Waals surface area contributed by atoms with E-state index in [1.807, 2.05) is 0 Å². The number of nitrogens with two attached hydrogens (primary N) is 1. The molecule has 1 aromatic rings. The van der Waals surface area contributed by atoms with Crippen LogP contribution in [0.2, 0.25) is 10.0 Å². The second-order valence-corrected chi connectivity index (χ2v) is 3.77. The summed E-state index contributed by atoms with van der Waals surface area (Å²) < 4.78 is 22.0. The molecular formula is C8H6Cl2FN3O5. The average molecular weight is 314 g/mol. The van der Waals surface area contributed by atoms with Gasteiger partial charge < -0.3 is 15.2 Å². The van der Waals surface area contributed by atoms with Gasteiger partial charge in [0.05, 0.1) is 10.6 Å². The standard InChI is InChI=1S/C8H6Cl2FN3O5/c9-4-6(12)5(10)8(13-7(4)11)18-1-3(15)19-2-14(16)17/h1-2H2,(H2,12,13). The molecule has 19 heavy (non-hydrogen) atoms. The quantitative estimate of drug-likeness (QED) is 0.286. The fourth-order valence-corrected chi connectivity index (χ4v) is 1.28. The third-order valence-corrected chi connectivity index (χ3v) is 2.42. The second-order valence-electron chi connectivity index (χ2n) is 3.02. The van der Waals surface area contributed by atoms with Crippen LogP contribution in [0.25, 0.3) is 0 Å². The summed E-state index contributed by atoms with van der Waals surface area (Å²) in [6.07, 6.45) is 0. The Morgan fingerprint density at radius 3 is 2.68 bits per heavy atom. The minimum absolute atomic E-state index is 0.284. The predicted molar refractivity (Wildman–Crippen MR) is 62.1 cm³/mol. The molecule has 0 amide bonds. The summed E-state index contributed by atoms with van der Waals surface area (Å²) in [5.74, 6) is -2.65. The highest BCUT2D eigenvalue weighted by molar-refractivity contribution is 6.39. The van der Waals surface area contributed by atoms with E-state index >= 15 is 0 Å². The molecule has 1 heterocycles. The van der Waals surface area contributed by atoms with E-state index in [1.54, 1.807) is 0 Å². The Kier molecular flexibility index (Phi) is 5.07. The molecule has 0 saturated heterocycles. The lowest BCUT2D eigenvalue weighted by Crippen LogP contribution is -2.19. The Balaban J connectivity index is 2.68. The van der Waals surface area contributed by atoms with Crippen LogP contribution in [-0.2, 0) is 9.53 Å². The maximum absolute atomic E-state index is 13.1. The van der Waals surface area contributed by atoms with E-state index in [0.29, 0.717) is 0 Å². The van der Waals surface area contributed by atoms with E-state index < -0.39 is 41.1 Å².